The summed E-state index contributed by atoms with van der Waals surface area (Å²) in [6, 6.07) is 0. The Labute approximate surface area is 101 Å². The van der Waals surface area contributed by atoms with Gasteiger partial charge in [-0.25, -0.2) is 4.68 Å². The molecule has 0 aliphatic rings. The number of hydrogen-bond acceptors (Lipinski definition) is 5. The van der Waals surface area contributed by atoms with Gasteiger partial charge >= 0.3 is 5.97 Å². The van der Waals surface area contributed by atoms with Crippen molar-refractivity contribution in [2.75, 3.05) is 19.0 Å². The van der Waals surface area contributed by atoms with Gasteiger partial charge in [-0.3, -0.25) is 9.59 Å². The lowest BCUT2D eigenvalue weighted by atomic mass is 10.4. The molecule has 7 heteroatoms. The number of methoxy groups -OCH3 is 1. The van der Waals surface area contributed by atoms with E-state index >= 15 is 0 Å². The van der Waals surface area contributed by atoms with Crippen molar-refractivity contribution in [3.05, 3.63) is 21.0 Å². The quantitative estimate of drug-likeness (QED) is 0.818. The maximum atomic E-state index is 11.5. The van der Waals surface area contributed by atoms with Crippen LogP contribution in [0.3, 0.4) is 0 Å². The molecule has 0 unspecified atom stereocenters. The number of ether oxygens (including phenoxy) is 1. The largest absolute Gasteiger partial charge is 0.469 e. The minimum absolute atomic E-state index is 0.233. The van der Waals surface area contributed by atoms with E-state index in [0.717, 1.165) is 0 Å². The first-order chi connectivity index (χ1) is 7.56. The second-order valence-electron chi connectivity index (χ2n) is 3.05. The molecule has 1 heterocycles. The SMILES string of the molecule is COC(=O)CCNc1cnn(C)c(=O)c1Br. The summed E-state index contributed by atoms with van der Waals surface area (Å²) in [6.07, 6.45) is 1.75. The molecule has 0 aliphatic heterocycles. The van der Waals surface area contributed by atoms with Gasteiger partial charge in [-0.2, -0.15) is 5.10 Å². The molecule has 0 aromatic carbocycles. The smallest absolute Gasteiger partial charge is 0.307 e. The van der Waals surface area contributed by atoms with Gasteiger partial charge in [-0.05, 0) is 15.9 Å². The van der Waals surface area contributed by atoms with Crippen LogP contribution in [-0.4, -0.2) is 29.4 Å². The fourth-order valence-electron chi connectivity index (χ4n) is 1.04. The Morgan fingerprint density at radius 1 is 1.69 bits per heavy atom. The van der Waals surface area contributed by atoms with Crippen molar-refractivity contribution in [2.45, 2.75) is 6.42 Å². The van der Waals surface area contributed by atoms with E-state index in [9.17, 15) is 9.59 Å². The maximum absolute atomic E-state index is 11.5. The normalized spacial score (nSPS) is 9.94. The van der Waals surface area contributed by atoms with Gasteiger partial charge in [0.25, 0.3) is 5.56 Å². The molecule has 0 atom stereocenters. The zero-order valence-corrected chi connectivity index (χ0v) is 10.6. The van der Waals surface area contributed by atoms with Crippen LogP contribution in [0.25, 0.3) is 0 Å². The number of aryl methyl sites for hydroxylation is 1. The molecular weight excluding hydrogens is 278 g/mol. The van der Waals surface area contributed by atoms with E-state index in [-0.39, 0.29) is 17.9 Å². The van der Waals surface area contributed by atoms with Gasteiger partial charge in [-0.15, -0.1) is 0 Å². The van der Waals surface area contributed by atoms with Crippen LogP contribution in [0.15, 0.2) is 15.5 Å². The molecule has 0 aliphatic carbocycles. The summed E-state index contributed by atoms with van der Waals surface area (Å²) in [5, 5.41) is 6.78. The Balaban J connectivity index is 2.65. The lowest BCUT2D eigenvalue weighted by Gasteiger charge is -2.07. The van der Waals surface area contributed by atoms with E-state index in [1.807, 2.05) is 0 Å². The summed E-state index contributed by atoms with van der Waals surface area (Å²) in [4.78, 5) is 22.3. The fraction of sp³-hybridized carbons (Fsp3) is 0.444. The first-order valence-electron chi connectivity index (χ1n) is 4.58. The number of carbonyl (C=O) groups excluding carboxylic acids is 1. The average Bonchev–Trinajstić information content (AvgIpc) is 2.29. The van der Waals surface area contributed by atoms with Gasteiger partial charge in [0.05, 0.1) is 25.4 Å². The van der Waals surface area contributed by atoms with Crippen LogP contribution in [0, 0.1) is 0 Å². The van der Waals surface area contributed by atoms with Crippen LogP contribution in [0.1, 0.15) is 6.42 Å². The summed E-state index contributed by atoms with van der Waals surface area (Å²) < 4.78 is 6.10. The van der Waals surface area contributed by atoms with Gasteiger partial charge in [-0.1, -0.05) is 0 Å². The van der Waals surface area contributed by atoms with Crippen molar-refractivity contribution >= 4 is 27.6 Å². The van der Waals surface area contributed by atoms with Crippen LogP contribution < -0.4 is 10.9 Å². The molecule has 1 rings (SSSR count). The van der Waals surface area contributed by atoms with E-state index in [1.54, 1.807) is 7.05 Å². The minimum Gasteiger partial charge on any atom is -0.469 e. The number of nitrogens with one attached hydrogen (secondary N) is 1. The number of esters is 1. The summed E-state index contributed by atoms with van der Waals surface area (Å²) in [7, 11) is 2.89. The minimum atomic E-state index is -0.305. The van der Waals surface area contributed by atoms with Crippen molar-refractivity contribution in [3.8, 4) is 0 Å². The van der Waals surface area contributed by atoms with Crippen LogP contribution in [0.2, 0.25) is 0 Å². The zero-order chi connectivity index (χ0) is 12.1. The lowest BCUT2D eigenvalue weighted by Crippen LogP contribution is -2.22. The van der Waals surface area contributed by atoms with E-state index in [2.05, 4.69) is 31.1 Å². The molecule has 0 fully saturated rings. The zero-order valence-electron chi connectivity index (χ0n) is 8.99. The first-order valence-corrected chi connectivity index (χ1v) is 5.38. The Bertz CT molecular complexity index is 444. The van der Waals surface area contributed by atoms with Crippen LogP contribution in [-0.2, 0) is 16.6 Å². The Morgan fingerprint density at radius 3 is 3.00 bits per heavy atom. The average molecular weight is 290 g/mol. The molecule has 0 saturated carbocycles. The molecule has 6 nitrogen and oxygen atoms in total. The van der Waals surface area contributed by atoms with Crippen molar-refractivity contribution in [2.24, 2.45) is 7.05 Å². The summed E-state index contributed by atoms with van der Waals surface area (Å²) in [5.74, 6) is -0.305. The highest BCUT2D eigenvalue weighted by molar-refractivity contribution is 9.10. The second-order valence-corrected chi connectivity index (χ2v) is 3.85. The van der Waals surface area contributed by atoms with E-state index in [0.29, 0.717) is 16.7 Å². The molecule has 1 aromatic heterocycles. The van der Waals surface area contributed by atoms with Gasteiger partial charge in [0.15, 0.2) is 0 Å². The Morgan fingerprint density at radius 2 is 2.38 bits per heavy atom. The fourth-order valence-corrected chi connectivity index (χ4v) is 1.53. The number of anilines is 1. The third-order valence-electron chi connectivity index (χ3n) is 1.95. The molecule has 88 valence electrons. The highest BCUT2D eigenvalue weighted by Gasteiger charge is 2.07. The van der Waals surface area contributed by atoms with Crippen LogP contribution >= 0.6 is 15.9 Å². The monoisotopic (exact) mass is 289 g/mol. The highest BCUT2D eigenvalue weighted by atomic mass is 79.9. The summed E-state index contributed by atoms with van der Waals surface area (Å²) in [6.45, 7) is 0.389. The predicted octanol–water partition coefficient (Wildman–Crippen LogP) is 0.518. The molecular formula is C9H12BrN3O3. The van der Waals surface area contributed by atoms with Crippen molar-refractivity contribution in [3.63, 3.8) is 0 Å². The van der Waals surface area contributed by atoms with Gasteiger partial charge in [0.1, 0.15) is 4.47 Å². The number of hydrogen-bond donors (Lipinski definition) is 1. The molecule has 16 heavy (non-hydrogen) atoms. The number of carbonyl (C=O) groups is 1. The van der Waals surface area contributed by atoms with Crippen molar-refractivity contribution in [1.29, 1.82) is 0 Å². The van der Waals surface area contributed by atoms with Crippen molar-refractivity contribution < 1.29 is 9.53 Å². The van der Waals surface area contributed by atoms with E-state index < -0.39 is 0 Å². The Kier molecular flexibility index (Phi) is 4.48. The van der Waals surface area contributed by atoms with Gasteiger partial charge < -0.3 is 10.1 Å². The lowest BCUT2D eigenvalue weighted by molar-refractivity contribution is -0.140. The first kappa shape index (κ1) is 12.7. The molecule has 0 amide bonds. The molecule has 0 spiro atoms. The summed E-state index contributed by atoms with van der Waals surface area (Å²) >= 11 is 3.16. The number of aromatic nitrogens is 2. The van der Waals surface area contributed by atoms with Crippen LogP contribution in [0.4, 0.5) is 5.69 Å². The molecule has 0 radical (unpaired) electrons. The molecule has 0 saturated heterocycles. The summed E-state index contributed by atoms with van der Waals surface area (Å²) in [5.41, 5.74) is 0.329. The van der Waals surface area contributed by atoms with E-state index in [1.165, 1.54) is 18.0 Å². The van der Waals surface area contributed by atoms with Gasteiger partial charge in [0.2, 0.25) is 0 Å². The highest BCUT2D eigenvalue weighted by Crippen LogP contribution is 2.15. The standard InChI is InChI=1S/C9H12BrN3O3/c1-13-9(15)8(10)6(5-12-13)11-4-3-7(14)16-2/h5,11H,3-4H2,1-2H3. The number of halogens is 1. The second kappa shape index (κ2) is 5.64. The molecule has 1 N–H and O–H groups in total. The van der Waals surface area contributed by atoms with Gasteiger partial charge in [0, 0.05) is 13.6 Å². The van der Waals surface area contributed by atoms with E-state index in [4.69, 9.17) is 0 Å². The number of rotatable bonds is 4. The molecule has 1 aromatic rings. The number of nitrogens with zero attached hydrogens (tertiary/aromatic N) is 2. The van der Waals surface area contributed by atoms with Crippen LogP contribution in [0.5, 0.6) is 0 Å². The third-order valence-corrected chi connectivity index (χ3v) is 2.72. The van der Waals surface area contributed by atoms with Crippen molar-refractivity contribution in [1.82, 2.24) is 9.78 Å². The molecule has 0 bridgehead atoms. The predicted molar refractivity (Wildman–Crippen MR) is 62.3 cm³/mol. The Hall–Kier alpha value is -1.37. The maximum Gasteiger partial charge on any atom is 0.307 e. The third kappa shape index (κ3) is 3.06. The topological polar surface area (TPSA) is 73.2 Å².